The Bertz CT molecular complexity index is 807. The van der Waals surface area contributed by atoms with Gasteiger partial charge in [-0.25, -0.2) is 8.42 Å². The number of nitrogens with two attached hydrogens (primary N) is 1. The third kappa shape index (κ3) is 3.16. The van der Waals surface area contributed by atoms with Crippen molar-refractivity contribution in [2.75, 3.05) is 5.75 Å². The Morgan fingerprint density at radius 2 is 1.90 bits per heavy atom. The average Bonchev–Trinajstić information content (AvgIpc) is 2.45. The van der Waals surface area contributed by atoms with Gasteiger partial charge in [-0.2, -0.15) is 0 Å². The van der Waals surface area contributed by atoms with Gasteiger partial charge in [0.15, 0.2) is 9.84 Å². The third-order valence-corrected chi connectivity index (χ3v) is 5.80. The molecular formula is C15H20N2O3S. The maximum Gasteiger partial charge on any atom is 0.255 e. The fourth-order valence-electron chi connectivity index (χ4n) is 2.21. The first kappa shape index (κ1) is 15.7. The maximum absolute atomic E-state index is 12.4. The van der Waals surface area contributed by atoms with Crippen molar-refractivity contribution < 1.29 is 8.42 Å². The Morgan fingerprint density at radius 1 is 1.24 bits per heavy atom. The number of pyridine rings is 1. The van der Waals surface area contributed by atoms with E-state index in [-0.39, 0.29) is 24.4 Å². The van der Waals surface area contributed by atoms with E-state index in [1.807, 2.05) is 24.3 Å². The summed E-state index contributed by atoms with van der Waals surface area (Å²) in [6.45, 7) is 3.58. The number of nitrogens with zero attached hydrogens (tertiary/aromatic N) is 1. The van der Waals surface area contributed by atoms with Crippen LogP contribution in [0.25, 0.3) is 10.9 Å². The molecule has 0 fully saturated rings. The Balaban J connectivity index is 2.52. The molecule has 0 radical (unpaired) electrons. The molecule has 0 aliphatic rings. The van der Waals surface area contributed by atoms with E-state index in [4.69, 9.17) is 5.73 Å². The van der Waals surface area contributed by atoms with Crippen LogP contribution in [0.1, 0.15) is 19.4 Å². The van der Waals surface area contributed by atoms with E-state index in [1.165, 1.54) is 4.57 Å². The minimum absolute atomic E-state index is 0.0530. The highest BCUT2D eigenvalue weighted by atomic mass is 32.2. The fourth-order valence-corrected chi connectivity index (χ4v) is 3.12. The van der Waals surface area contributed by atoms with Gasteiger partial charge < -0.3 is 10.3 Å². The highest BCUT2D eigenvalue weighted by molar-refractivity contribution is 7.91. The molecule has 1 aromatic heterocycles. The zero-order valence-corrected chi connectivity index (χ0v) is 13.1. The maximum atomic E-state index is 12.4. The molecule has 2 aromatic rings. The largest absolute Gasteiger partial charge is 0.326 e. The van der Waals surface area contributed by atoms with Crippen LogP contribution in [-0.4, -0.2) is 24.0 Å². The SMILES string of the molecule is CC(C)S(=O)(=O)CCn1c(=O)c(CN)cc2ccccc21. The van der Waals surface area contributed by atoms with Crippen LogP contribution in [0.3, 0.4) is 0 Å². The second-order valence-electron chi connectivity index (χ2n) is 5.31. The zero-order valence-electron chi connectivity index (χ0n) is 12.2. The number of hydrogen-bond acceptors (Lipinski definition) is 4. The molecule has 2 N–H and O–H groups in total. The van der Waals surface area contributed by atoms with Crippen molar-refractivity contribution in [1.82, 2.24) is 4.57 Å². The average molecular weight is 308 g/mol. The molecule has 6 heteroatoms. The molecule has 5 nitrogen and oxygen atoms in total. The topological polar surface area (TPSA) is 82.2 Å². The number of hydrogen-bond donors (Lipinski definition) is 1. The lowest BCUT2D eigenvalue weighted by atomic mass is 10.1. The Morgan fingerprint density at radius 3 is 2.52 bits per heavy atom. The van der Waals surface area contributed by atoms with Crippen molar-refractivity contribution in [1.29, 1.82) is 0 Å². The normalized spacial score (nSPS) is 12.2. The van der Waals surface area contributed by atoms with Crippen molar-refractivity contribution in [3.05, 3.63) is 46.2 Å². The lowest BCUT2D eigenvalue weighted by molar-refractivity contribution is 0.580. The molecule has 0 aliphatic heterocycles. The Hall–Kier alpha value is -1.66. The summed E-state index contributed by atoms with van der Waals surface area (Å²) in [5, 5.41) is 0.441. The molecule has 0 bridgehead atoms. The van der Waals surface area contributed by atoms with Crippen molar-refractivity contribution in [2.24, 2.45) is 5.73 Å². The first-order valence-electron chi connectivity index (χ1n) is 6.90. The minimum Gasteiger partial charge on any atom is -0.326 e. The van der Waals surface area contributed by atoms with Crippen molar-refractivity contribution >= 4 is 20.7 Å². The summed E-state index contributed by atoms with van der Waals surface area (Å²) in [5.74, 6) is -0.0530. The van der Waals surface area contributed by atoms with E-state index in [2.05, 4.69) is 0 Å². The molecule has 0 atom stereocenters. The number of aromatic nitrogens is 1. The van der Waals surface area contributed by atoms with E-state index in [0.717, 1.165) is 10.9 Å². The summed E-state index contributed by atoms with van der Waals surface area (Å²) < 4.78 is 25.4. The van der Waals surface area contributed by atoms with Gasteiger partial charge in [0, 0.05) is 18.7 Å². The van der Waals surface area contributed by atoms with Gasteiger partial charge in [-0.1, -0.05) is 18.2 Å². The molecule has 0 spiro atoms. The number of sulfone groups is 1. The molecule has 1 heterocycles. The molecule has 114 valence electrons. The quantitative estimate of drug-likeness (QED) is 0.902. The molecule has 21 heavy (non-hydrogen) atoms. The molecule has 0 saturated carbocycles. The van der Waals surface area contributed by atoms with Crippen LogP contribution in [0, 0.1) is 0 Å². The summed E-state index contributed by atoms with van der Waals surface area (Å²) in [6, 6.07) is 9.19. The van der Waals surface area contributed by atoms with Crippen LogP contribution >= 0.6 is 0 Å². The van der Waals surface area contributed by atoms with Crippen molar-refractivity contribution in [3.63, 3.8) is 0 Å². The summed E-state index contributed by atoms with van der Waals surface area (Å²) in [4.78, 5) is 12.4. The van der Waals surface area contributed by atoms with Crippen molar-refractivity contribution in [3.8, 4) is 0 Å². The number of benzene rings is 1. The van der Waals surface area contributed by atoms with Crippen LogP contribution in [0.15, 0.2) is 35.1 Å². The van der Waals surface area contributed by atoms with Gasteiger partial charge in [0.05, 0.1) is 16.5 Å². The van der Waals surface area contributed by atoms with Gasteiger partial charge >= 0.3 is 0 Å². The number of rotatable bonds is 5. The van der Waals surface area contributed by atoms with Gasteiger partial charge in [-0.05, 0) is 31.4 Å². The van der Waals surface area contributed by atoms with Gasteiger partial charge in [0.1, 0.15) is 0 Å². The lowest BCUT2D eigenvalue weighted by Crippen LogP contribution is -2.30. The second-order valence-corrected chi connectivity index (χ2v) is 7.98. The van der Waals surface area contributed by atoms with Gasteiger partial charge in [0.25, 0.3) is 5.56 Å². The van der Waals surface area contributed by atoms with Crippen LogP contribution in [0.2, 0.25) is 0 Å². The van der Waals surface area contributed by atoms with Crippen LogP contribution in [-0.2, 0) is 22.9 Å². The highest BCUT2D eigenvalue weighted by Gasteiger charge is 2.17. The van der Waals surface area contributed by atoms with Crippen molar-refractivity contribution in [2.45, 2.75) is 32.2 Å². The zero-order chi connectivity index (χ0) is 15.6. The summed E-state index contributed by atoms with van der Waals surface area (Å²) in [7, 11) is -3.19. The van der Waals surface area contributed by atoms with E-state index in [9.17, 15) is 13.2 Å². The van der Waals surface area contributed by atoms with E-state index in [1.54, 1.807) is 19.9 Å². The first-order valence-corrected chi connectivity index (χ1v) is 8.61. The lowest BCUT2D eigenvalue weighted by Gasteiger charge is -2.13. The molecule has 0 saturated heterocycles. The minimum atomic E-state index is -3.19. The standard InChI is InChI=1S/C15H20N2O3S/c1-11(2)21(19,20)8-7-17-14-6-4-3-5-12(14)9-13(10-16)15(17)18/h3-6,9,11H,7-8,10,16H2,1-2H3. The molecule has 1 aromatic carbocycles. The predicted molar refractivity (Wildman–Crippen MR) is 85.0 cm³/mol. The highest BCUT2D eigenvalue weighted by Crippen LogP contribution is 2.14. The monoisotopic (exact) mass is 308 g/mol. The Labute approximate surface area is 124 Å². The van der Waals surface area contributed by atoms with Gasteiger partial charge in [-0.3, -0.25) is 4.79 Å². The second kappa shape index (κ2) is 5.99. The fraction of sp³-hybridized carbons (Fsp3) is 0.400. The summed E-state index contributed by atoms with van der Waals surface area (Å²) in [6.07, 6.45) is 0. The molecule has 0 unspecified atom stereocenters. The molecule has 0 aliphatic carbocycles. The molecular weight excluding hydrogens is 288 g/mol. The molecule has 0 amide bonds. The van der Waals surface area contributed by atoms with Gasteiger partial charge in [-0.15, -0.1) is 0 Å². The smallest absolute Gasteiger partial charge is 0.255 e. The molecule has 2 rings (SSSR count). The van der Waals surface area contributed by atoms with E-state index < -0.39 is 15.1 Å². The van der Waals surface area contributed by atoms with Gasteiger partial charge in [0.2, 0.25) is 0 Å². The summed E-state index contributed by atoms with van der Waals surface area (Å²) >= 11 is 0. The number of fused-ring (bicyclic) bond motifs is 1. The number of aryl methyl sites for hydroxylation is 1. The third-order valence-electron chi connectivity index (χ3n) is 3.61. The first-order chi connectivity index (χ1) is 9.86. The number of para-hydroxylation sites is 1. The van der Waals surface area contributed by atoms with Crippen LogP contribution in [0.4, 0.5) is 0 Å². The predicted octanol–water partition coefficient (Wildman–Crippen LogP) is 1.28. The van der Waals surface area contributed by atoms with Crippen LogP contribution in [0.5, 0.6) is 0 Å². The van der Waals surface area contributed by atoms with E-state index in [0.29, 0.717) is 5.56 Å². The summed E-state index contributed by atoms with van der Waals surface area (Å²) in [5.41, 5.74) is 6.63. The Kier molecular flexibility index (Phi) is 4.49. The van der Waals surface area contributed by atoms with E-state index >= 15 is 0 Å². The van der Waals surface area contributed by atoms with Crippen LogP contribution < -0.4 is 11.3 Å².